The second kappa shape index (κ2) is 6.86. The van der Waals surface area contributed by atoms with E-state index in [-0.39, 0.29) is 11.9 Å². The number of ether oxygens (including phenoxy) is 1. The van der Waals surface area contributed by atoms with Crippen LogP contribution in [0.2, 0.25) is 0 Å². The maximum atomic E-state index is 14.0. The Labute approximate surface area is 127 Å². The fraction of sp³-hybridized carbons (Fsp3) is 0.250. The van der Waals surface area contributed by atoms with E-state index in [1.54, 1.807) is 13.2 Å². The first-order valence-corrected chi connectivity index (χ1v) is 7.19. The van der Waals surface area contributed by atoms with Crippen LogP contribution in [0.4, 0.5) is 4.39 Å². The maximum absolute atomic E-state index is 14.0. The van der Waals surface area contributed by atoms with Crippen molar-refractivity contribution in [3.8, 4) is 5.75 Å². The highest BCUT2D eigenvalue weighted by Gasteiger charge is 2.17. The monoisotopic (exact) mass is 337 g/mol. The molecule has 2 aromatic carbocycles. The van der Waals surface area contributed by atoms with Crippen LogP contribution in [-0.4, -0.2) is 14.2 Å². The molecular weight excluding hydrogens is 321 g/mol. The summed E-state index contributed by atoms with van der Waals surface area (Å²) in [5.41, 5.74) is 1.75. The summed E-state index contributed by atoms with van der Waals surface area (Å²) in [4.78, 5) is 0. The van der Waals surface area contributed by atoms with Gasteiger partial charge in [0.05, 0.1) is 7.11 Å². The molecule has 0 aliphatic carbocycles. The van der Waals surface area contributed by atoms with E-state index in [9.17, 15) is 4.39 Å². The molecule has 0 saturated heterocycles. The third kappa shape index (κ3) is 3.38. The Kier molecular flexibility index (Phi) is 5.15. The van der Waals surface area contributed by atoms with Gasteiger partial charge in [-0.1, -0.05) is 34.1 Å². The van der Waals surface area contributed by atoms with Crippen LogP contribution in [-0.2, 0) is 6.42 Å². The third-order valence-electron chi connectivity index (χ3n) is 3.27. The van der Waals surface area contributed by atoms with Gasteiger partial charge in [0.2, 0.25) is 0 Å². The minimum Gasteiger partial charge on any atom is -0.497 e. The van der Waals surface area contributed by atoms with Crippen LogP contribution in [0.1, 0.15) is 17.2 Å². The van der Waals surface area contributed by atoms with Crippen molar-refractivity contribution in [2.45, 2.75) is 12.5 Å². The smallest absolute Gasteiger partial charge is 0.129 e. The number of methoxy groups -OCH3 is 1. The van der Waals surface area contributed by atoms with Gasteiger partial charge in [0.1, 0.15) is 11.6 Å². The van der Waals surface area contributed by atoms with Crippen LogP contribution >= 0.6 is 15.9 Å². The molecule has 0 bridgehead atoms. The van der Waals surface area contributed by atoms with Gasteiger partial charge >= 0.3 is 0 Å². The van der Waals surface area contributed by atoms with Gasteiger partial charge < -0.3 is 10.1 Å². The first-order valence-electron chi connectivity index (χ1n) is 6.39. The van der Waals surface area contributed by atoms with E-state index >= 15 is 0 Å². The Hall–Kier alpha value is -1.39. The Morgan fingerprint density at radius 3 is 2.65 bits per heavy atom. The zero-order valence-electron chi connectivity index (χ0n) is 11.5. The van der Waals surface area contributed by atoms with Crippen molar-refractivity contribution in [1.82, 2.24) is 5.32 Å². The molecule has 2 nitrogen and oxygen atoms in total. The standard InChI is InChI=1S/C16H17BrFNO/c1-19-15(16-13(17)7-4-8-14(16)18)10-11-5-3-6-12(9-11)20-2/h3-9,15,19H,10H2,1-2H3. The number of likely N-dealkylation sites (N-methyl/N-ethyl adjacent to an activating group) is 1. The normalized spacial score (nSPS) is 12.2. The molecule has 0 aliphatic heterocycles. The molecule has 1 N–H and O–H groups in total. The maximum Gasteiger partial charge on any atom is 0.129 e. The molecule has 0 aromatic heterocycles. The zero-order chi connectivity index (χ0) is 14.5. The number of hydrogen-bond acceptors (Lipinski definition) is 2. The van der Waals surface area contributed by atoms with Crippen molar-refractivity contribution in [2.75, 3.05) is 14.2 Å². The van der Waals surface area contributed by atoms with E-state index in [1.807, 2.05) is 37.4 Å². The average Bonchev–Trinajstić information content (AvgIpc) is 2.46. The van der Waals surface area contributed by atoms with Gasteiger partial charge in [-0.25, -0.2) is 4.39 Å². The summed E-state index contributed by atoms with van der Waals surface area (Å²) in [6.07, 6.45) is 0.688. The highest BCUT2D eigenvalue weighted by atomic mass is 79.9. The fourth-order valence-electron chi connectivity index (χ4n) is 2.23. The summed E-state index contributed by atoms with van der Waals surface area (Å²) in [6.45, 7) is 0. The molecule has 1 unspecified atom stereocenters. The summed E-state index contributed by atoms with van der Waals surface area (Å²) in [7, 11) is 3.48. The minimum absolute atomic E-state index is 0.0994. The molecule has 0 heterocycles. The van der Waals surface area contributed by atoms with Crippen LogP contribution in [0.25, 0.3) is 0 Å². The minimum atomic E-state index is -0.207. The molecule has 0 radical (unpaired) electrons. The van der Waals surface area contributed by atoms with Crippen molar-refractivity contribution in [1.29, 1.82) is 0 Å². The number of benzene rings is 2. The fourth-order valence-corrected chi connectivity index (χ4v) is 2.85. The van der Waals surface area contributed by atoms with Gasteiger partial charge in [0, 0.05) is 16.1 Å². The first kappa shape index (κ1) is 15.0. The third-order valence-corrected chi connectivity index (χ3v) is 3.96. The summed E-state index contributed by atoms with van der Waals surface area (Å²) < 4.78 is 20.0. The summed E-state index contributed by atoms with van der Waals surface area (Å²) in [6, 6.07) is 12.8. The quantitative estimate of drug-likeness (QED) is 0.886. The van der Waals surface area contributed by atoms with Crippen LogP contribution in [0.15, 0.2) is 46.9 Å². The largest absolute Gasteiger partial charge is 0.497 e. The van der Waals surface area contributed by atoms with Gasteiger partial charge in [-0.3, -0.25) is 0 Å². The van der Waals surface area contributed by atoms with Crippen molar-refractivity contribution < 1.29 is 9.13 Å². The summed E-state index contributed by atoms with van der Waals surface area (Å²) in [5.74, 6) is 0.603. The molecule has 0 saturated carbocycles. The van der Waals surface area contributed by atoms with E-state index in [0.29, 0.717) is 12.0 Å². The molecular formula is C16H17BrFNO. The van der Waals surface area contributed by atoms with E-state index in [4.69, 9.17) is 4.74 Å². The van der Waals surface area contributed by atoms with E-state index in [2.05, 4.69) is 21.2 Å². The number of hydrogen-bond donors (Lipinski definition) is 1. The molecule has 0 aliphatic rings. The van der Waals surface area contributed by atoms with E-state index < -0.39 is 0 Å². The van der Waals surface area contributed by atoms with Crippen molar-refractivity contribution in [3.05, 3.63) is 63.9 Å². The van der Waals surface area contributed by atoms with Gasteiger partial charge in [0.15, 0.2) is 0 Å². The Morgan fingerprint density at radius 2 is 2.00 bits per heavy atom. The van der Waals surface area contributed by atoms with Gasteiger partial charge in [-0.15, -0.1) is 0 Å². The highest BCUT2D eigenvalue weighted by molar-refractivity contribution is 9.10. The molecule has 20 heavy (non-hydrogen) atoms. The average molecular weight is 338 g/mol. The van der Waals surface area contributed by atoms with Crippen LogP contribution < -0.4 is 10.1 Å². The number of nitrogens with one attached hydrogen (secondary N) is 1. The lowest BCUT2D eigenvalue weighted by Gasteiger charge is -2.19. The summed E-state index contributed by atoms with van der Waals surface area (Å²) in [5, 5.41) is 3.18. The molecule has 0 fully saturated rings. The number of rotatable bonds is 5. The summed E-state index contributed by atoms with van der Waals surface area (Å²) >= 11 is 3.43. The van der Waals surface area contributed by atoms with Crippen molar-refractivity contribution in [2.24, 2.45) is 0 Å². The zero-order valence-corrected chi connectivity index (χ0v) is 13.1. The predicted molar refractivity (Wildman–Crippen MR) is 82.6 cm³/mol. The Balaban J connectivity index is 2.29. The second-order valence-corrected chi connectivity index (χ2v) is 5.39. The molecule has 1 atom stereocenters. The lowest BCUT2D eigenvalue weighted by atomic mass is 9.98. The van der Waals surface area contributed by atoms with Gasteiger partial charge in [0.25, 0.3) is 0 Å². The molecule has 0 spiro atoms. The van der Waals surface area contributed by atoms with Crippen LogP contribution in [0.5, 0.6) is 5.75 Å². The molecule has 4 heteroatoms. The molecule has 2 rings (SSSR count). The lowest BCUT2D eigenvalue weighted by Crippen LogP contribution is -2.20. The SMILES string of the molecule is CNC(Cc1cccc(OC)c1)c1c(F)cccc1Br. The molecule has 0 amide bonds. The van der Waals surface area contributed by atoms with E-state index in [1.165, 1.54) is 6.07 Å². The van der Waals surface area contributed by atoms with Crippen molar-refractivity contribution in [3.63, 3.8) is 0 Å². The van der Waals surface area contributed by atoms with E-state index in [0.717, 1.165) is 15.8 Å². The molecule has 106 valence electrons. The topological polar surface area (TPSA) is 21.3 Å². The highest BCUT2D eigenvalue weighted by Crippen LogP contribution is 2.29. The lowest BCUT2D eigenvalue weighted by molar-refractivity contribution is 0.414. The Morgan fingerprint density at radius 1 is 1.25 bits per heavy atom. The number of halogens is 2. The Bertz CT molecular complexity index is 568. The first-order chi connectivity index (χ1) is 9.65. The van der Waals surface area contributed by atoms with Crippen molar-refractivity contribution >= 4 is 15.9 Å². The second-order valence-electron chi connectivity index (χ2n) is 4.53. The molecule has 2 aromatic rings. The predicted octanol–water partition coefficient (Wildman–Crippen LogP) is 4.10. The van der Waals surface area contributed by atoms with Gasteiger partial charge in [-0.2, -0.15) is 0 Å². The van der Waals surface area contributed by atoms with Crippen LogP contribution in [0.3, 0.4) is 0 Å². The van der Waals surface area contributed by atoms with Crippen LogP contribution in [0, 0.1) is 5.82 Å². The van der Waals surface area contributed by atoms with Gasteiger partial charge in [-0.05, 0) is 43.3 Å².